The molecule has 2 aromatic rings. The fourth-order valence-corrected chi connectivity index (χ4v) is 6.51. The molecule has 196 valence electrons. The smallest absolute Gasteiger partial charge is 0.239 e. The molecule has 3 N–H and O–H groups in total. The summed E-state index contributed by atoms with van der Waals surface area (Å²) in [4.78, 5) is 19.4. The fourth-order valence-electron chi connectivity index (χ4n) is 4.71. The number of pyridine rings is 1. The Morgan fingerprint density at radius 3 is 2.51 bits per heavy atom. The summed E-state index contributed by atoms with van der Waals surface area (Å²) < 4.78 is 20.6. The number of fused-ring (bicyclic) bond motifs is 1. The Labute approximate surface area is 224 Å². The number of amides is 1. The second-order valence-corrected chi connectivity index (χ2v) is 12.9. The molecule has 0 radical (unpaired) electrons. The molecule has 0 aromatic carbocycles. The van der Waals surface area contributed by atoms with Crippen LogP contribution in [-0.4, -0.2) is 48.9 Å². The molecule has 0 atom stereocenters. The minimum Gasteiger partial charge on any atom is -0.342 e. The molecule has 5 rings (SSSR count). The van der Waals surface area contributed by atoms with Gasteiger partial charge in [0.05, 0.1) is 11.1 Å². The molecule has 37 heavy (non-hydrogen) atoms. The highest BCUT2D eigenvalue weighted by Gasteiger charge is 2.48. The molecule has 2 aliphatic carbocycles. The van der Waals surface area contributed by atoms with E-state index in [1.165, 1.54) is 11.9 Å². The van der Waals surface area contributed by atoms with Gasteiger partial charge in [-0.05, 0) is 74.9 Å². The monoisotopic (exact) mass is 541 g/mol. The number of nitrogens with zero attached hydrogens (tertiary/aromatic N) is 4. The summed E-state index contributed by atoms with van der Waals surface area (Å²) in [6.45, 7) is 7.24. The maximum absolute atomic E-state index is 15.4. The van der Waals surface area contributed by atoms with E-state index in [0.29, 0.717) is 31.4 Å². The maximum atomic E-state index is 15.4. The van der Waals surface area contributed by atoms with Crippen molar-refractivity contribution in [2.45, 2.75) is 75.6 Å². The standard InChI is InChI=1S/C26H32FN7OS2/c1-15(2)23(35)33-10-4-16(5-11-33)18-12-17(37-32-25(3)6-7-25)13-34-19(18)20(27)31-22(34)21(29)36-24(30)26(14-28)8-9-26/h12-13,15-16,29-30,32H,4-11H2,1-3H3. The van der Waals surface area contributed by atoms with Gasteiger partial charge in [-0.2, -0.15) is 14.6 Å². The molecular formula is C26H32FN7OS2. The normalized spacial score (nSPS) is 20.2. The number of thioether (sulfide) groups is 1. The van der Waals surface area contributed by atoms with Crippen molar-refractivity contribution in [3.8, 4) is 6.07 Å². The summed E-state index contributed by atoms with van der Waals surface area (Å²) >= 11 is 2.39. The van der Waals surface area contributed by atoms with E-state index in [4.69, 9.17) is 10.8 Å². The van der Waals surface area contributed by atoms with Crippen molar-refractivity contribution in [2.75, 3.05) is 13.1 Å². The lowest BCUT2D eigenvalue weighted by Gasteiger charge is -2.33. The summed E-state index contributed by atoms with van der Waals surface area (Å²) in [5.41, 5.74) is 0.478. The van der Waals surface area contributed by atoms with Gasteiger partial charge in [0.15, 0.2) is 5.82 Å². The number of halogens is 1. The van der Waals surface area contributed by atoms with Crippen LogP contribution in [0.4, 0.5) is 4.39 Å². The number of imidazole rings is 1. The van der Waals surface area contributed by atoms with Crippen LogP contribution in [0, 0.1) is 39.4 Å². The van der Waals surface area contributed by atoms with Crippen LogP contribution in [0.3, 0.4) is 0 Å². The van der Waals surface area contributed by atoms with Gasteiger partial charge in [-0.25, -0.2) is 0 Å². The highest BCUT2D eigenvalue weighted by Crippen LogP contribution is 2.49. The molecule has 3 heterocycles. The molecule has 2 aromatic heterocycles. The zero-order valence-corrected chi connectivity index (χ0v) is 23.0. The van der Waals surface area contributed by atoms with E-state index in [2.05, 4.69) is 22.7 Å². The van der Waals surface area contributed by atoms with Crippen LogP contribution in [0.5, 0.6) is 0 Å². The second kappa shape index (κ2) is 9.71. The van der Waals surface area contributed by atoms with Crippen LogP contribution in [0.2, 0.25) is 0 Å². The Bertz CT molecular complexity index is 1310. The largest absolute Gasteiger partial charge is 0.342 e. The minimum absolute atomic E-state index is 0.0435. The average molecular weight is 542 g/mol. The van der Waals surface area contributed by atoms with Crippen LogP contribution in [0.1, 0.15) is 76.6 Å². The quantitative estimate of drug-likeness (QED) is 0.248. The Morgan fingerprint density at radius 1 is 1.27 bits per heavy atom. The van der Waals surface area contributed by atoms with Gasteiger partial charge in [-0.1, -0.05) is 25.6 Å². The number of hydrogen-bond donors (Lipinski definition) is 3. The van der Waals surface area contributed by atoms with Crippen molar-refractivity contribution >= 4 is 45.2 Å². The summed E-state index contributed by atoms with van der Waals surface area (Å²) in [5, 5.41) is 26.5. The Morgan fingerprint density at radius 2 is 1.95 bits per heavy atom. The van der Waals surface area contributed by atoms with Crippen molar-refractivity contribution < 1.29 is 9.18 Å². The van der Waals surface area contributed by atoms with E-state index in [9.17, 15) is 10.1 Å². The van der Waals surface area contributed by atoms with Crippen molar-refractivity contribution in [2.24, 2.45) is 11.3 Å². The lowest BCUT2D eigenvalue weighted by molar-refractivity contribution is -0.135. The first-order valence-electron chi connectivity index (χ1n) is 12.8. The third-order valence-electron chi connectivity index (χ3n) is 7.66. The topological polar surface area (TPSA) is 121 Å². The van der Waals surface area contributed by atoms with E-state index >= 15 is 4.39 Å². The molecular weight excluding hydrogens is 509 g/mol. The first-order valence-corrected chi connectivity index (χ1v) is 14.4. The van der Waals surface area contributed by atoms with Crippen molar-refractivity contribution in [1.82, 2.24) is 19.0 Å². The van der Waals surface area contributed by atoms with Crippen LogP contribution < -0.4 is 4.72 Å². The predicted octanol–water partition coefficient (Wildman–Crippen LogP) is 5.32. The Kier molecular flexibility index (Phi) is 6.88. The number of nitrogens with one attached hydrogen (secondary N) is 3. The van der Waals surface area contributed by atoms with E-state index in [1.54, 1.807) is 10.6 Å². The fraction of sp³-hybridized carbons (Fsp3) is 0.577. The predicted molar refractivity (Wildman–Crippen MR) is 145 cm³/mol. The summed E-state index contributed by atoms with van der Waals surface area (Å²) in [6.07, 6.45) is 6.71. The van der Waals surface area contributed by atoms with E-state index in [0.717, 1.165) is 47.9 Å². The third kappa shape index (κ3) is 5.16. The molecule has 8 nitrogen and oxygen atoms in total. The second-order valence-electron chi connectivity index (χ2n) is 11.0. The lowest BCUT2D eigenvalue weighted by atomic mass is 9.89. The first kappa shape index (κ1) is 26.2. The highest BCUT2D eigenvalue weighted by molar-refractivity contribution is 8.26. The Balaban J connectivity index is 1.47. The van der Waals surface area contributed by atoms with Gasteiger partial charge in [0.1, 0.15) is 16.0 Å². The number of piperidine rings is 1. The highest BCUT2D eigenvalue weighted by atomic mass is 32.2. The molecule has 3 aliphatic rings. The van der Waals surface area contributed by atoms with Gasteiger partial charge in [0.2, 0.25) is 11.9 Å². The van der Waals surface area contributed by atoms with Gasteiger partial charge >= 0.3 is 0 Å². The number of nitriles is 1. The van der Waals surface area contributed by atoms with Crippen molar-refractivity contribution in [3.63, 3.8) is 0 Å². The minimum atomic E-state index is -0.806. The first-order chi connectivity index (χ1) is 17.6. The molecule has 1 aliphatic heterocycles. The van der Waals surface area contributed by atoms with E-state index in [-0.39, 0.29) is 39.2 Å². The zero-order valence-electron chi connectivity index (χ0n) is 21.4. The number of likely N-dealkylation sites (tertiary alicyclic amines) is 1. The lowest BCUT2D eigenvalue weighted by Crippen LogP contribution is -2.40. The summed E-state index contributed by atoms with van der Waals surface area (Å²) in [5.74, 6) is -0.340. The maximum Gasteiger partial charge on any atom is 0.239 e. The molecule has 0 unspecified atom stereocenters. The third-order valence-corrected chi connectivity index (χ3v) is 9.69. The van der Waals surface area contributed by atoms with E-state index < -0.39 is 11.4 Å². The number of carbonyl (C=O) groups excluding carboxylic acids is 1. The SMILES string of the molecule is CC(C)C(=O)N1CCC(c2cc(SNC3(C)CC3)cn3c(C(=N)SC(=N)C4(C#N)CC4)nc(F)c23)CC1. The summed E-state index contributed by atoms with van der Waals surface area (Å²) in [7, 11) is 0. The molecule has 1 saturated heterocycles. The Hall–Kier alpha value is -2.42. The molecule has 1 amide bonds. The molecule has 0 bridgehead atoms. The van der Waals surface area contributed by atoms with Crippen molar-refractivity contribution in [3.05, 3.63) is 29.6 Å². The van der Waals surface area contributed by atoms with Crippen LogP contribution >= 0.6 is 23.7 Å². The van der Waals surface area contributed by atoms with Crippen LogP contribution in [0.25, 0.3) is 5.52 Å². The molecule has 0 spiro atoms. The van der Waals surface area contributed by atoms with Gasteiger partial charge < -0.3 is 4.90 Å². The van der Waals surface area contributed by atoms with Gasteiger partial charge in [-0.3, -0.25) is 24.7 Å². The number of carbonyl (C=O) groups is 1. The average Bonchev–Trinajstić information content (AvgIpc) is 3.81. The number of aromatic nitrogens is 2. The number of rotatable bonds is 7. The van der Waals surface area contributed by atoms with Gasteiger partial charge in [-0.15, -0.1) is 0 Å². The molecule has 3 fully saturated rings. The van der Waals surface area contributed by atoms with Crippen LogP contribution in [-0.2, 0) is 4.79 Å². The number of hydrogen-bond acceptors (Lipinski definition) is 8. The van der Waals surface area contributed by atoms with Gasteiger partial charge in [0, 0.05) is 35.6 Å². The molecule has 11 heteroatoms. The van der Waals surface area contributed by atoms with Crippen LogP contribution in [0.15, 0.2) is 17.2 Å². The van der Waals surface area contributed by atoms with E-state index in [1.807, 2.05) is 24.8 Å². The zero-order chi connectivity index (χ0) is 26.5. The van der Waals surface area contributed by atoms with Gasteiger partial charge in [0.25, 0.3) is 0 Å². The van der Waals surface area contributed by atoms with Crippen molar-refractivity contribution in [1.29, 1.82) is 16.1 Å². The summed E-state index contributed by atoms with van der Waals surface area (Å²) in [6, 6.07) is 4.20. The molecule has 2 saturated carbocycles.